The summed E-state index contributed by atoms with van der Waals surface area (Å²) < 4.78 is 27.6. The predicted molar refractivity (Wildman–Crippen MR) is 89.8 cm³/mol. The average molecular weight is 336 g/mol. The van der Waals surface area contributed by atoms with Crippen LogP contribution in [0.1, 0.15) is 17.5 Å². The number of rotatable bonds is 6. The Labute approximate surface area is 139 Å². The molecule has 1 heterocycles. The highest BCUT2D eigenvalue weighted by atomic mass is 32.2. The van der Waals surface area contributed by atoms with Crippen LogP contribution in [-0.4, -0.2) is 61.7 Å². The quantitative estimate of drug-likeness (QED) is 0.783. The van der Waals surface area contributed by atoms with Crippen LogP contribution in [0.2, 0.25) is 0 Å². The van der Waals surface area contributed by atoms with Crippen molar-refractivity contribution in [3.63, 3.8) is 0 Å². The van der Waals surface area contributed by atoms with Crippen LogP contribution >= 0.6 is 0 Å². The third-order valence-electron chi connectivity index (χ3n) is 4.08. The summed E-state index contributed by atoms with van der Waals surface area (Å²) in [6, 6.07) is 10.4. The van der Waals surface area contributed by atoms with E-state index in [2.05, 4.69) is 36.1 Å². The van der Waals surface area contributed by atoms with Crippen molar-refractivity contribution in [2.75, 3.05) is 39.8 Å². The molecule has 7 heteroatoms. The van der Waals surface area contributed by atoms with Crippen molar-refractivity contribution >= 4 is 10.2 Å². The van der Waals surface area contributed by atoms with Gasteiger partial charge in [0.05, 0.1) is 6.07 Å². The minimum atomic E-state index is -3.45. The van der Waals surface area contributed by atoms with Crippen LogP contribution in [0.5, 0.6) is 0 Å². The number of aryl methyl sites for hydroxylation is 1. The van der Waals surface area contributed by atoms with Crippen LogP contribution in [0.25, 0.3) is 0 Å². The van der Waals surface area contributed by atoms with E-state index in [-0.39, 0.29) is 13.0 Å². The monoisotopic (exact) mass is 336 g/mol. The maximum Gasteiger partial charge on any atom is 0.281 e. The van der Waals surface area contributed by atoms with E-state index in [0.717, 1.165) is 19.6 Å². The van der Waals surface area contributed by atoms with Gasteiger partial charge in [-0.1, -0.05) is 29.8 Å². The molecule has 0 aliphatic carbocycles. The molecule has 0 saturated carbocycles. The Kier molecular flexibility index (Phi) is 6.13. The number of nitriles is 1. The average Bonchev–Trinajstić information content (AvgIpc) is 2.53. The summed E-state index contributed by atoms with van der Waals surface area (Å²) in [5.74, 6) is 0. The molecule has 0 aromatic heterocycles. The number of benzene rings is 1. The van der Waals surface area contributed by atoms with E-state index in [1.807, 2.05) is 6.07 Å². The van der Waals surface area contributed by atoms with Gasteiger partial charge in [-0.05, 0) is 12.5 Å². The summed E-state index contributed by atoms with van der Waals surface area (Å²) in [7, 11) is -1.91. The highest BCUT2D eigenvalue weighted by molar-refractivity contribution is 7.86. The number of hydrogen-bond donors (Lipinski definition) is 0. The van der Waals surface area contributed by atoms with Gasteiger partial charge in [-0.2, -0.15) is 22.3 Å². The Hall–Kier alpha value is -1.46. The van der Waals surface area contributed by atoms with E-state index in [1.54, 1.807) is 0 Å². The molecule has 0 radical (unpaired) electrons. The summed E-state index contributed by atoms with van der Waals surface area (Å²) in [6.07, 6.45) is 0.211. The molecule has 0 unspecified atom stereocenters. The van der Waals surface area contributed by atoms with Gasteiger partial charge in [-0.15, -0.1) is 0 Å². The molecule has 0 atom stereocenters. The third kappa shape index (κ3) is 4.75. The molecule has 1 aromatic carbocycles. The second-order valence-electron chi connectivity index (χ2n) is 5.90. The molecular weight excluding hydrogens is 312 g/mol. The first-order chi connectivity index (χ1) is 10.9. The van der Waals surface area contributed by atoms with Crippen molar-refractivity contribution in [2.45, 2.75) is 19.9 Å². The van der Waals surface area contributed by atoms with E-state index < -0.39 is 10.2 Å². The Morgan fingerprint density at radius 2 is 1.96 bits per heavy atom. The van der Waals surface area contributed by atoms with E-state index in [0.29, 0.717) is 13.1 Å². The molecule has 0 bridgehead atoms. The van der Waals surface area contributed by atoms with Crippen molar-refractivity contribution in [3.05, 3.63) is 35.4 Å². The second kappa shape index (κ2) is 7.88. The Morgan fingerprint density at radius 1 is 1.26 bits per heavy atom. The third-order valence-corrected chi connectivity index (χ3v) is 6.07. The van der Waals surface area contributed by atoms with Gasteiger partial charge in [-0.3, -0.25) is 4.90 Å². The smallest absolute Gasteiger partial charge is 0.281 e. The normalized spacial score (nSPS) is 17.3. The Bertz CT molecular complexity index is 661. The maximum absolute atomic E-state index is 12.4. The molecule has 1 saturated heterocycles. The maximum atomic E-state index is 12.4. The minimum absolute atomic E-state index is 0.211. The zero-order valence-corrected chi connectivity index (χ0v) is 14.6. The van der Waals surface area contributed by atoms with Crippen LogP contribution < -0.4 is 0 Å². The first-order valence-electron chi connectivity index (χ1n) is 7.80. The molecule has 2 rings (SSSR count). The van der Waals surface area contributed by atoms with Crippen LogP contribution in [0, 0.1) is 18.3 Å². The molecular formula is C16H24N4O2S. The van der Waals surface area contributed by atoms with E-state index in [4.69, 9.17) is 5.26 Å². The fourth-order valence-electron chi connectivity index (χ4n) is 2.71. The molecule has 0 spiro atoms. The molecule has 1 fully saturated rings. The first kappa shape index (κ1) is 17.9. The lowest BCUT2D eigenvalue weighted by Crippen LogP contribution is -2.52. The van der Waals surface area contributed by atoms with Crippen LogP contribution in [-0.2, 0) is 16.8 Å². The van der Waals surface area contributed by atoms with Crippen molar-refractivity contribution in [1.82, 2.24) is 13.5 Å². The lowest BCUT2D eigenvalue weighted by atomic mass is 10.1. The van der Waals surface area contributed by atoms with E-state index >= 15 is 0 Å². The molecule has 0 N–H and O–H groups in total. The molecule has 6 nitrogen and oxygen atoms in total. The highest BCUT2D eigenvalue weighted by Crippen LogP contribution is 2.14. The van der Waals surface area contributed by atoms with Gasteiger partial charge in [0.2, 0.25) is 0 Å². The molecule has 1 aromatic rings. The van der Waals surface area contributed by atoms with Crippen LogP contribution in [0.4, 0.5) is 0 Å². The van der Waals surface area contributed by atoms with E-state index in [1.165, 1.54) is 26.8 Å². The molecule has 126 valence electrons. The van der Waals surface area contributed by atoms with Crippen molar-refractivity contribution in [2.24, 2.45) is 0 Å². The molecule has 1 aliphatic rings. The lowest BCUT2D eigenvalue weighted by Gasteiger charge is -2.35. The standard InChI is InChI=1S/C16H24N4O2S/c1-15-5-3-6-16(13-15)14-19-9-11-20(12-10-19)23(21,22)18(2)8-4-7-17/h3,5-6,13H,4,8-12,14H2,1-2H3. The summed E-state index contributed by atoms with van der Waals surface area (Å²) in [5, 5.41) is 8.59. The van der Waals surface area contributed by atoms with Crippen molar-refractivity contribution < 1.29 is 8.42 Å². The SMILES string of the molecule is Cc1cccc(CN2CCN(S(=O)(=O)N(C)CCC#N)CC2)c1. The van der Waals surface area contributed by atoms with Gasteiger partial charge >= 0.3 is 0 Å². The van der Waals surface area contributed by atoms with Gasteiger partial charge in [0.1, 0.15) is 0 Å². The summed E-state index contributed by atoms with van der Waals surface area (Å²) in [5.41, 5.74) is 2.50. The molecule has 23 heavy (non-hydrogen) atoms. The minimum Gasteiger partial charge on any atom is -0.296 e. The Balaban J connectivity index is 1.89. The Morgan fingerprint density at radius 3 is 2.57 bits per heavy atom. The van der Waals surface area contributed by atoms with Crippen LogP contribution in [0.15, 0.2) is 24.3 Å². The van der Waals surface area contributed by atoms with Gasteiger partial charge in [0.25, 0.3) is 10.2 Å². The zero-order chi connectivity index (χ0) is 16.9. The van der Waals surface area contributed by atoms with Crippen molar-refractivity contribution in [1.29, 1.82) is 5.26 Å². The highest BCUT2D eigenvalue weighted by Gasteiger charge is 2.29. The lowest BCUT2D eigenvalue weighted by molar-refractivity contribution is 0.176. The first-order valence-corrected chi connectivity index (χ1v) is 9.19. The molecule has 1 aliphatic heterocycles. The summed E-state index contributed by atoms with van der Waals surface area (Å²) in [6.45, 7) is 5.59. The number of hydrogen-bond acceptors (Lipinski definition) is 4. The number of nitrogens with zero attached hydrogens (tertiary/aromatic N) is 4. The predicted octanol–water partition coefficient (Wildman–Crippen LogP) is 1.20. The van der Waals surface area contributed by atoms with E-state index in [9.17, 15) is 8.42 Å². The van der Waals surface area contributed by atoms with Gasteiger partial charge in [0.15, 0.2) is 0 Å². The topological polar surface area (TPSA) is 67.7 Å². The fourth-order valence-corrected chi connectivity index (χ4v) is 4.05. The van der Waals surface area contributed by atoms with Crippen molar-refractivity contribution in [3.8, 4) is 6.07 Å². The fraction of sp³-hybridized carbons (Fsp3) is 0.562. The number of piperazine rings is 1. The van der Waals surface area contributed by atoms with Gasteiger partial charge in [-0.25, -0.2) is 0 Å². The second-order valence-corrected chi connectivity index (χ2v) is 7.94. The zero-order valence-electron chi connectivity index (χ0n) is 13.8. The largest absolute Gasteiger partial charge is 0.296 e. The van der Waals surface area contributed by atoms with Gasteiger partial charge in [0, 0.05) is 52.7 Å². The summed E-state index contributed by atoms with van der Waals surface area (Å²) in [4.78, 5) is 2.27. The van der Waals surface area contributed by atoms with Crippen LogP contribution in [0.3, 0.4) is 0 Å². The molecule has 0 amide bonds. The summed E-state index contributed by atoms with van der Waals surface area (Å²) >= 11 is 0. The van der Waals surface area contributed by atoms with Gasteiger partial charge < -0.3 is 0 Å².